The highest BCUT2D eigenvalue weighted by molar-refractivity contribution is 6.09. The zero-order valence-electron chi connectivity index (χ0n) is 36.0. The van der Waals surface area contributed by atoms with Gasteiger partial charge in [0.15, 0.2) is 0 Å². The molecule has 0 fully saturated rings. The lowest BCUT2D eigenvalue weighted by Gasteiger charge is -2.24. The third-order valence-corrected chi connectivity index (χ3v) is 13.1. The van der Waals surface area contributed by atoms with Crippen LogP contribution in [0.15, 0.2) is 241 Å². The van der Waals surface area contributed by atoms with Gasteiger partial charge in [-0.1, -0.05) is 224 Å². The Hall–Kier alpha value is -8.00. The number of furan rings is 1. The molecule has 0 aliphatic rings. The predicted molar refractivity (Wildman–Crippen MR) is 270 cm³/mol. The summed E-state index contributed by atoms with van der Waals surface area (Å²) in [5.74, 6) is -0.0723. The molecule has 304 valence electrons. The molecule has 0 bridgehead atoms. The van der Waals surface area contributed by atoms with Crippen molar-refractivity contribution in [1.29, 1.82) is 0 Å². The minimum Gasteiger partial charge on any atom is -0.455 e. The molecule has 0 radical (unpaired) electrons. The molecule has 1 atom stereocenters. The summed E-state index contributed by atoms with van der Waals surface area (Å²) in [6, 6.07) is 86.1. The highest BCUT2D eigenvalue weighted by Crippen LogP contribution is 2.43. The molecule has 1 nitrogen and oxygen atoms in total. The van der Waals surface area contributed by atoms with Crippen molar-refractivity contribution in [3.8, 4) is 66.8 Å². The average molecular weight is 819 g/mol. The van der Waals surface area contributed by atoms with Crippen LogP contribution < -0.4 is 0 Å². The molecule has 1 heteroatoms. The lowest BCUT2D eigenvalue weighted by Crippen LogP contribution is -2.06. The van der Waals surface area contributed by atoms with E-state index in [2.05, 4.69) is 244 Å². The van der Waals surface area contributed by atoms with Gasteiger partial charge < -0.3 is 4.42 Å². The fraction of sp³-hybridized carbons (Fsp3) is 0.0476. The Morgan fingerprint density at radius 3 is 1.48 bits per heavy atom. The van der Waals surface area contributed by atoms with Gasteiger partial charge in [0.05, 0.1) is 0 Å². The van der Waals surface area contributed by atoms with Crippen molar-refractivity contribution < 1.29 is 4.42 Å². The van der Waals surface area contributed by atoms with Crippen LogP contribution in [0, 0.1) is 13.8 Å². The normalized spacial score (nSPS) is 11.8. The summed E-state index contributed by atoms with van der Waals surface area (Å²) in [7, 11) is 0. The van der Waals surface area contributed by atoms with Crippen LogP contribution in [0.2, 0.25) is 0 Å². The molecule has 0 aliphatic carbocycles. The smallest absolute Gasteiger partial charge is 0.143 e. The van der Waals surface area contributed by atoms with Crippen molar-refractivity contribution >= 4 is 21.9 Å². The van der Waals surface area contributed by atoms with Crippen LogP contribution in [0.4, 0.5) is 0 Å². The third kappa shape index (κ3) is 7.21. The molecule has 1 heterocycles. The number of benzene rings is 10. The topological polar surface area (TPSA) is 13.1 Å². The van der Waals surface area contributed by atoms with Crippen molar-refractivity contribution in [3.63, 3.8) is 0 Å². The van der Waals surface area contributed by atoms with Crippen molar-refractivity contribution in [2.45, 2.75) is 19.8 Å². The monoisotopic (exact) mass is 818 g/mol. The quantitative estimate of drug-likeness (QED) is 0.132. The summed E-state index contributed by atoms with van der Waals surface area (Å²) in [5, 5.41) is 2.27. The molecule has 10 aromatic carbocycles. The van der Waals surface area contributed by atoms with Crippen LogP contribution in [0.25, 0.3) is 88.7 Å². The van der Waals surface area contributed by atoms with Crippen molar-refractivity contribution in [1.82, 2.24) is 0 Å². The summed E-state index contributed by atoms with van der Waals surface area (Å²) in [6.45, 7) is 4.45. The molecule has 0 aliphatic heterocycles. The van der Waals surface area contributed by atoms with Gasteiger partial charge in [0.25, 0.3) is 0 Å². The first kappa shape index (κ1) is 38.9. The van der Waals surface area contributed by atoms with E-state index in [4.69, 9.17) is 4.42 Å². The first-order valence-corrected chi connectivity index (χ1v) is 22.2. The van der Waals surface area contributed by atoms with Crippen molar-refractivity contribution in [3.05, 3.63) is 264 Å². The summed E-state index contributed by atoms with van der Waals surface area (Å²) in [6.07, 6.45) is 0. The van der Waals surface area contributed by atoms with E-state index in [-0.39, 0.29) is 5.92 Å². The second-order valence-electron chi connectivity index (χ2n) is 16.9. The van der Waals surface area contributed by atoms with Gasteiger partial charge in [0.1, 0.15) is 11.2 Å². The number of hydrogen-bond donors (Lipinski definition) is 0. The first-order valence-electron chi connectivity index (χ1n) is 22.2. The molecule has 11 aromatic rings. The van der Waals surface area contributed by atoms with Crippen LogP contribution in [-0.4, -0.2) is 0 Å². The van der Waals surface area contributed by atoms with E-state index in [1.807, 2.05) is 6.07 Å². The van der Waals surface area contributed by atoms with Gasteiger partial charge in [-0.3, -0.25) is 0 Å². The minimum absolute atomic E-state index is 0.0723. The second-order valence-corrected chi connectivity index (χ2v) is 16.9. The average Bonchev–Trinajstić information content (AvgIpc) is 3.75. The molecule has 0 saturated carbocycles. The van der Waals surface area contributed by atoms with Gasteiger partial charge in [-0.25, -0.2) is 0 Å². The molecule has 0 amide bonds. The Morgan fingerprint density at radius 1 is 0.312 bits per heavy atom. The lowest BCUT2D eigenvalue weighted by atomic mass is 9.79. The van der Waals surface area contributed by atoms with Crippen molar-refractivity contribution in [2.75, 3.05) is 0 Å². The van der Waals surface area contributed by atoms with E-state index >= 15 is 0 Å². The predicted octanol–water partition coefficient (Wildman–Crippen LogP) is 17.4. The maximum absolute atomic E-state index is 6.51. The van der Waals surface area contributed by atoms with Gasteiger partial charge in [-0.2, -0.15) is 0 Å². The first-order chi connectivity index (χ1) is 31.6. The number of fused-ring (bicyclic) bond motifs is 3. The summed E-state index contributed by atoms with van der Waals surface area (Å²) in [5.41, 5.74) is 22.5. The number of aryl methyl sites for hydroxylation is 1. The van der Waals surface area contributed by atoms with Gasteiger partial charge in [0.2, 0.25) is 0 Å². The Labute approximate surface area is 375 Å². The maximum atomic E-state index is 6.51. The number of rotatable bonds is 9. The van der Waals surface area contributed by atoms with Crippen LogP contribution >= 0.6 is 0 Å². The molecular weight excluding hydrogens is 773 g/mol. The van der Waals surface area contributed by atoms with E-state index in [0.29, 0.717) is 0 Å². The highest BCUT2D eigenvalue weighted by Gasteiger charge is 2.23. The molecule has 1 unspecified atom stereocenters. The summed E-state index contributed by atoms with van der Waals surface area (Å²) >= 11 is 0. The Morgan fingerprint density at radius 2 is 0.781 bits per heavy atom. The molecule has 0 saturated heterocycles. The lowest BCUT2D eigenvalue weighted by molar-refractivity contribution is 0.670. The molecule has 0 spiro atoms. The van der Waals surface area contributed by atoms with Crippen LogP contribution in [-0.2, 0) is 0 Å². The zero-order chi connectivity index (χ0) is 43.0. The fourth-order valence-electron chi connectivity index (χ4n) is 9.70. The Bertz CT molecular complexity index is 3410. The molecule has 11 rings (SSSR count). The van der Waals surface area contributed by atoms with E-state index in [1.54, 1.807) is 0 Å². The van der Waals surface area contributed by atoms with Crippen LogP contribution in [0.5, 0.6) is 0 Å². The van der Waals surface area contributed by atoms with Gasteiger partial charge in [-0.15, -0.1) is 0 Å². The van der Waals surface area contributed by atoms with E-state index in [9.17, 15) is 0 Å². The summed E-state index contributed by atoms with van der Waals surface area (Å²) in [4.78, 5) is 0. The molecule has 64 heavy (non-hydrogen) atoms. The second kappa shape index (κ2) is 16.7. The van der Waals surface area contributed by atoms with E-state index in [0.717, 1.165) is 33.1 Å². The fourth-order valence-corrected chi connectivity index (χ4v) is 9.70. The van der Waals surface area contributed by atoms with Gasteiger partial charge in [0, 0.05) is 22.3 Å². The largest absolute Gasteiger partial charge is 0.455 e. The molecule has 1 aromatic heterocycles. The minimum atomic E-state index is -0.0723. The zero-order valence-corrected chi connectivity index (χ0v) is 36.0. The van der Waals surface area contributed by atoms with Crippen molar-refractivity contribution in [2.24, 2.45) is 0 Å². The van der Waals surface area contributed by atoms with Gasteiger partial charge >= 0.3 is 0 Å². The van der Waals surface area contributed by atoms with E-state index in [1.165, 1.54) is 83.5 Å². The maximum Gasteiger partial charge on any atom is 0.143 e. The standard InChI is InChI=1S/C63H46O/c1-42-15-9-10-20-53(42)55-23-13-22-54(43(55)2)47-31-35-50(36-32-47)62(51-37-33-49(34-38-51)57-24-14-25-59-58-21-11-12-26-61(58)64-63(57)59)60-41-52(45-18-7-4-8-19-45)39-40-56(60)48-29-27-46(28-30-48)44-16-5-3-6-17-44/h3-41,62H,1-2H3. The molecular formula is C63H46O. The number of para-hydroxylation sites is 2. The summed E-state index contributed by atoms with van der Waals surface area (Å²) < 4.78 is 6.51. The Kier molecular flexibility index (Phi) is 10.1. The SMILES string of the molecule is Cc1ccccc1-c1cccc(-c2ccc(C(c3ccc(-c4cccc5c4oc4ccccc45)cc3)c3cc(-c4ccccc4)ccc3-c3ccc(-c4ccccc4)cc3)cc2)c1C. The van der Waals surface area contributed by atoms with Crippen LogP contribution in [0.3, 0.4) is 0 Å². The number of hydrogen-bond acceptors (Lipinski definition) is 1. The highest BCUT2D eigenvalue weighted by atomic mass is 16.3. The molecule has 0 N–H and O–H groups in total. The third-order valence-electron chi connectivity index (χ3n) is 13.1. The van der Waals surface area contributed by atoms with Crippen LogP contribution in [0.1, 0.15) is 33.7 Å². The van der Waals surface area contributed by atoms with E-state index < -0.39 is 0 Å². The van der Waals surface area contributed by atoms with Gasteiger partial charge in [-0.05, 0) is 115 Å². The Balaban J connectivity index is 1.07.